The summed E-state index contributed by atoms with van der Waals surface area (Å²) >= 11 is 0. The van der Waals surface area contributed by atoms with E-state index in [1.54, 1.807) is 0 Å². The third kappa shape index (κ3) is 2.33. The number of nitrogens with zero attached hydrogens (tertiary/aromatic N) is 2. The molecule has 3 heteroatoms. The van der Waals surface area contributed by atoms with Gasteiger partial charge >= 0.3 is 0 Å². The summed E-state index contributed by atoms with van der Waals surface area (Å²) in [7, 11) is 0. The van der Waals surface area contributed by atoms with E-state index in [0.717, 1.165) is 29.8 Å². The van der Waals surface area contributed by atoms with E-state index in [4.69, 9.17) is 5.73 Å². The second-order valence-electron chi connectivity index (χ2n) is 4.25. The number of nitrogen functional groups attached to an aromatic ring is 1. The van der Waals surface area contributed by atoms with Gasteiger partial charge in [0.25, 0.3) is 0 Å². The summed E-state index contributed by atoms with van der Waals surface area (Å²) in [6, 6.07) is 10.5. The molecule has 0 saturated heterocycles. The number of aromatic nitrogens is 2. The van der Waals surface area contributed by atoms with Crippen molar-refractivity contribution in [2.75, 3.05) is 5.73 Å². The maximum atomic E-state index is 6.04. The lowest BCUT2D eigenvalue weighted by Gasteiger charge is -2.12. The summed E-state index contributed by atoms with van der Waals surface area (Å²) in [5, 5.41) is 4.61. The van der Waals surface area contributed by atoms with Crippen molar-refractivity contribution < 1.29 is 0 Å². The molecule has 2 aromatic rings. The van der Waals surface area contributed by atoms with Crippen LogP contribution in [0.1, 0.15) is 32.7 Å². The molecular weight excluding hydrogens is 210 g/mol. The van der Waals surface area contributed by atoms with Crippen LogP contribution in [0.2, 0.25) is 0 Å². The number of rotatable bonds is 4. The number of hydrogen-bond acceptors (Lipinski definition) is 2. The first-order valence-corrected chi connectivity index (χ1v) is 6.16. The van der Waals surface area contributed by atoms with Gasteiger partial charge < -0.3 is 5.73 Å². The Morgan fingerprint density at radius 3 is 2.41 bits per heavy atom. The largest absolute Gasteiger partial charge is 0.396 e. The zero-order valence-corrected chi connectivity index (χ0v) is 10.4. The lowest BCUT2D eigenvalue weighted by Crippen LogP contribution is -2.07. The summed E-state index contributed by atoms with van der Waals surface area (Å²) in [5.74, 6) is 0. The van der Waals surface area contributed by atoms with Gasteiger partial charge in [-0.1, -0.05) is 44.2 Å². The van der Waals surface area contributed by atoms with Crippen molar-refractivity contribution in [1.29, 1.82) is 0 Å². The molecule has 2 N–H and O–H groups in total. The maximum absolute atomic E-state index is 6.04. The van der Waals surface area contributed by atoms with E-state index in [9.17, 15) is 0 Å². The minimum atomic E-state index is 0.440. The van der Waals surface area contributed by atoms with E-state index < -0.39 is 0 Å². The van der Waals surface area contributed by atoms with Gasteiger partial charge in [-0.2, -0.15) is 5.10 Å². The van der Waals surface area contributed by atoms with Gasteiger partial charge in [-0.25, -0.2) is 0 Å². The Balaban J connectivity index is 2.37. The van der Waals surface area contributed by atoms with Gasteiger partial charge in [-0.05, 0) is 12.8 Å². The molecule has 0 aliphatic heterocycles. The molecular formula is C14H19N3. The molecule has 0 aliphatic rings. The second kappa shape index (κ2) is 5.04. The minimum absolute atomic E-state index is 0.440. The highest BCUT2D eigenvalue weighted by Crippen LogP contribution is 2.26. The number of hydrogen-bond donors (Lipinski definition) is 1. The molecule has 0 unspecified atom stereocenters. The topological polar surface area (TPSA) is 43.8 Å². The molecule has 0 saturated carbocycles. The molecule has 0 fully saturated rings. The Morgan fingerprint density at radius 1 is 1.18 bits per heavy atom. The molecule has 0 amide bonds. The molecule has 1 aromatic heterocycles. The first kappa shape index (κ1) is 11.7. The average molecular weight is 229 g/mol. The van der Waals surface area contributed by atoms with Crippen molar-refractivity contribution in [2.24, 2.45) is 0 Å². The van der Waals surface area contributed by atoms with Crippen molar-refractivity contribution in [3.63, 3.8) is 0 Å². The van der Waals surface area contributed by atoms with Crippen LogP contribution in [-0.4, -0.2) is 9.78 Å². The highest BCUT2D eigenvalue weighted by atomic mass is 15.3. The van der Waals surface area contributed by atoms with Crippen molar-refractivity contribution in [3.8, 4) is 11.3 Å². The molecule has 0 atom stereocenters. The number of nitrogens with two attached hydrogens (primary N) is 1. The summed E-state index contributed by atoms with van der Waals surface area (Å²) in [4.78, 5) is 0. The van der Waals surface area contributed by atoms with Crippen LogP contribution in [0.3, 0.4) is 0 Å². The van der Waals surface area contributed by atoms with E-state index in [2.05, 4.69) is 18.9 Å². The predicted octanol–water partition coefficient (Wildman–Crippen LogP) is 3.49. The fraction of sp³-hybridized carbons (Fsp3) is 0.357. The van der Waals surface area contributed by atoms with E-state index in [0.29, 0.717) is 6.04 Å². The molecule has 0 aliphatic carbocycles. The second-order valence-corrected chi connectivity index (χ2v) is 4.25. The molecule has 0 radical (unpaired) electrons. The lowest BCUT2D eigenvalue weighted by atomic mass is 10.1. The van der Waals surface area contributed by atoms with Gasteiger partial charge in [0.1, 0.15) is 5.69 Å². The van der Waals surface area contributed by atoms with Gasteiger partial charge in [-0.3, -0.25) is 4.68 Å². The quantitative estimate of drug-likeness (QED) is 0.872. The number of anilines is 1. The molecule has 1 aromatic carbocycles. The Bertz CT molecular complexity index is 469. The van der Waals surface area contributed by atoms with Crippen molar-refractivity contribution in [1.82, 2.24) is 9.78 Å². The van der Waals surface area contributed by atoms with Crippen LogP contribution in [0, 0.1) is 0 Å². The summed E-state index contributed by atoms with van der Waals surface area (Å²) in [5.41, 5.74) is 8.76. The predicted molar refractivity (Wildman–Crippen MR) is 71.7 cm³/mol. The molecule has 0 bridgehead atoms. The Morgan fingerprint density at radius 2 is 1.82 bits per heavy atom. The fourth-order valence-corrected chi connectivity index (χ4v) is 2.08. The lowest BCUT2D eigenvalue weighted by molar-refractivity contribution is 0.429. The molecule has 3 nitrogen and oxygen atoms in total. The van der Waals surface area contributed by atoms with Crippen molar-refractivity contribution >= 4 is 5.69 Å². The summed E-state index contributed by atoms with van der Waals surface area (Å²) in [6.45, 7) is 4.35. The summed E-state index contributed by atoms with van der Waals surface area (Å²) in [6.07, 6.45) is 4.09. The molecule has 2 rings (SSSR count). The molecule has 0 spiro atoms. The SMILES string of the molecule is CCC(CC)n1cc(N)c(-c2ccccc2)n1. The third-order valence-electron chi connectivity index (χ3n) is 3.12. The highest BCUT2D eigenvalue weighted by Gasteiger charge is 2.12. The van der Waals surface area contributed by atoms with Crippen LogP contribution in [0.15, 0.2) is 36.5 Å². The van der Waals surface area contributed by atoms with Crippen LogP contribution in [0.25, 0.3) is 11.3 Å². The Kier molecular flexibility index (Phi) is 3.47. The third-order valence-corrected chi connectivity index (χ3v) is 3.12. The van der Waals surface area contributed by atoms with E-state index in [1.165, 1.54) is 0 Å². The van der Waals surface area contributed by atoms with Gasteiger partial charge in [-0.15, -0.1) is 0 Å². The average Bonchev–Trinajstić information content (AvgIpc) is 2.74. The maximum Gasteiger partial charge on any atom is 0.115 e. The normalized spacial score (nSPS) is 11.0. The van der Waals surface area contributed by atoms with E-state index in [-0.39, 0.29) is 0 Å². The zero-order chi connectivity index (χ0) is 12.3. The smallest absolute Gasteiger partial charge is 0.115 e. The van der Waals surface area contributed by atoms with Crippen molar-refractivity contribution in [3.05, 3.63) is 36.5 Å². The first-order chi connectivity index (χ1) is 8.26. The van der Waals surface area contributed by atoms with Gasteiger partial charge in [0, 0.05) is 11.8 Å². The standard InChI is InChI=1S/C14H19N3/c1-3-12(4-2)17-10-13(15)14(16-17)11-8-6-5-7-9-11/h5-10,12H,3-4,15H2,1-2H3. The first-order valence-electron chi connectivity index (χ1n) is 6.16. The van der Waals surface area contributed by atoms with Gasteiger partial charge in [0.15, 0.2) is 0 Å². The monoisotopic (exact) mass is 229 g/mol. The van der Waals surface area contributed by atoms with E-state index in [1.807, 2.05) is 41.2 Å². The molecule has 1 heterocycles. The van der Waals surface area contributed by atoms with Crippen LogP contribution in [0.4, 0.5) is 5.69 Å². The minimum Gasteiger partial charge on any atom is -0.396 e. The van der Waals surface area contributed by atoms with Crippen LogP contribution in [-0.2, 0) is 0 Å². The van der Waals surface area contributed by atoms with E-state index >= 15 is 0 Å². The van der Waals surface area contributed by atoms with Crippen LogP contribution >= 0.6 is 0 Å². The number of benzene rings is 1. The highest BCUT2D eigenvalue weighted by molar-refractivity contribution is 5.71. The van der Waals surface area contributed by atoms with Gasteiger partial charge in [0.05, 0.1) is 11.7 Å². The van der Waals surface area contributed by atoms with Crippen LogP contribution in [0.5, 0.6) is 0 Å². The van der Waals surface area contributed by atoms with Crippen molar-refractivity contribution in [2.45, 2.75) is 32.7 Å². The zero-order valence-electron chi connectivity index (χ0n) is 10.4. The fourth-order valence-electron chi connectivity index (χ4n) is 2.08. The summed E-state index contributed by atoms with van der Waals surface area (Å²) < 4.78 is 2.00. The molecule has 17 heavy (non-hydrogen) atoms. The molecule has 90 valence electrons. The van der Waals surface area contributed by atoms with Crippen LogP contribution < -0.4 is 5.73 Å². The van der Waals surface area contributed by atoms with Gasteiger partial charge in [0.2, 0.25) is 0 Å². The Hall–Kier alpha value is -1.77. The Labute approximate surface area is 102 Å².